The average Bonchev–Trinajstić information content (AvgIpc) is 3.29. The summed E-state index contributed by atoms with van der Waals surface area (Å²) in [5.74, 6) is -0.0198. The van der Waals surface area contributed by atoms with Crippen LogP contribution < -0.4 is 20.1 Å². The summed E-state index contributed by atoms with van der Waals surface area (Å²) in [6, 6.07) is 9.31. The second-order valence-corrected chi connectivity index (χ2v) is 7.95. The number of carbonyl (C=O) groups is 2. The number of halogens is 3. The fourth-order valence-corrected chi connectivity index (χ4v) is 3.30. The Morgan fingerprint density at radius 2 is 2.06 bits per heavy atom. The number of ether oxygens (including phenoxy) is 2. The van der Waals surface area contributed by atoms with Gasteiger partial charge in [-0.15, -0.1) is 0 Å². The Labute approximate surface area is 204 Å². The molecular formula is C23H23F3N6O4. The van der Waals surface area contributed by atoms with Crippen molar-refractivity contribution in [1.29, 1.82) is 0 Å². The summed E-state index contributed by atoms with van der Waals surface area (Å²) in [5.41, 5.74) is 0.359. The van der Waals surface area contributed by atoms with Gasteiger partial charge in [0, 0.05) is 25.5 Å². The normalized spacial score (nSPS) is 14.7. The predicted octanol–water partition coefficient (Wildman–Crippen LogP) is 2.65. The topological polar surface area (TPSA) is 111 Å². The van der Waals surface area contributed by atoms with Crippen LogP contribution >= 0.6 is 0 Å². The minimum absolute atomic E-state index is 0.0249. The highest BCUT2D eigenvalue weighted by molar-refractivity contribution is 5.95. The van der Waals surface area contributed by atoms with Gasteiger partial charge in [-0.25, -0.2) is 4.98 Å². The molecule has 0 fully saturated rings. The molecule has 1 atom stereocenters. The van der Waals surface area contributed by atoms with Crippen molar-refractivity contribution < 1.29 is 32.2 Å². The largest absolute Gasteiger partial charge is 0.477 e. The maximum absolute atomic E-state index is 12.6. The number of carbonyl (C=O) groups excluding carboxylic acids is 2. The molecule has 2 aromatic heterocycles. The molecule has 3 heterocycles. The molecule has 1 aromatic carbocycles. The second kappa shape index (κ2) is 10.5. The van der Waals surface area contributed by atoms with Crippen LogP contribution in [0, 0.1) is 0 Å². The van der Waals surface area contributed by atoms with E-state index in [4.69, 9.17) is 9.47 Å². The Kier molecular flexibility index (Phi) is 7.27. The first-order valence-electron chi connectivity index (χ1n) is 10.9. The first kappa shape index (κ1) is 24.8. The maximum atomic E-state index is 12.6. The number of fused-ring (bicyclic) bond motifs is 1. The molecule has 2 amide bonds. The molecule has 0 radical (unpaired) electrons. The lowest BCUT2D eigenvalue weighted by Crippen LogP contribution is -2.41. The van der Waals surface area contributed by atoms with Crippen molar-refractivity contribution in [2.75, 3.05) is 37.4 Å². The van der Waals surface area contributed by atoms with Crippen LogP contribution in [0.25, 0.3) is 0 Å². The zero-order valence-electron chi connectivity index (χ0n) is 19.2. The van der Waals surface area contributed by atoms with E-state index in [1.807, 2.05) is 18.2 Å². The summed E-state index contributed by atoms with van der Waals surface area (Å²) in [4.78, 5) is 30.0. The monoisotopic (exact) mass is 504 g/mol. The van der Waals surface area contributed by atoms with Gasteiger partial charge in [-0.3, -0.25) is 14.3 Å². The fourth-order valence-electron chi connectivity index (χ4n) is 3.30. The third kappa shape index (κ3) is 6.23. The van der Waals surface area contributed by atoms with Gasteiger partial charge in [0.1, 0.15) is 18.9 Å². The highest BCUT2D eigenvalue weighted by Crippen LogP contribution is 2.29. The Bertz CT molecular complexity index is 1220. The van der Waals surface area contributed by atoms with Crippen molar-refractivity contribution in [1.82, 2.24) is 19.7 Å². The molecule has 1 aliphatic heterocycles. The van der Waals surface area contributed by atoms with Crippen LogP contribution in [0.1, 0.15) is 5.56 Å². The van der Waals surface area contributed by atoms with Crippen LogP contribution in [0.4, 0.5) is 24.5 Å². The molecule has 0 aliphatic carbocycles. The standard InChI is InChI=1S/C23H23F3N6O4/c1-31(8-9-35-20-7-6-15(10-28-20)23(24,25)26)21(33)14-32-13-16(11-29-32)30-22(34)19-12-27-17-4-2-3-5-18(17)36-19/h2-7,10-11,13,19,27H,8-9,12,14H2,1H3,(H,30,34). The third-order valence-electron chi connectivity index (χ3n) is 5.29. The first-order valence-corrected chi connectivity index (χ1v) is 10.9. The minimum atomic E-state index is -4.47. The summed E-state index contributed by atoms with van der Waals surface area (Å²) in [6.45, 7) is 0.448. The van der Waals surface area contributed by atoms with Crippen LogP contribution in [0.3, 0.4) is 0 Å². The van der Waals surface area contributed by atoms with Crippen LogP contribution in [0.2, 0.25) is 0 Å². The van der Waals surface area contributed by atoms with Crippen molar-refractivity contribution in [3.05, 3.63) is 60.6 Å². The first-order chi connectivity index (χ1) is 17.2. The SMILES string of the molecule is CN(CCOc1ccc(C(F)(F)F)cn1)C(=O)Cn1cc(NC(=O)C2CNc3ccccc3O2)cn1. The van der Waals surface area contributed by atoms with E-state index >= 15 is 0 Å². The highest BCUT2D eigenvalue weighted by atomic mass is 19.4. The number of nitrogens with one attached hydrogen (secondary N) is 2. The quantitative estimate of drug-likeness (QED) is 0.485. The van der Waals surface area contributed by atoms with Crippen LogP contribution in [-0.4, -0.2) is 64.3 Å². The van der Waals surface area contributed by atoms with Crippen molar-refractivity contribution in [2.45, 2.75) is 18.8 Å². The van der Waals surface area contributed by atoms with Gasteiger partial charge in [-0.05, 0) is 18.2 Å². The molecule has 1 aliphatic rings. The molecule has 13 heteroatoms. The molecule has 0 spiro atoms. The Morgan fingerprint density at radius 3 is 2.81 bits per heavy atom. The van der Waals surface area contributed by atoms with Gasteiger partial charge in [-0.2, -0.15) is 18.3 Å². The summed E-state index contributed by atoms with van der Waals surface area (Å²) in [5, 5.41) is 9.96. The van der Waals surface area contributed by atoms with Gasteiger partial charge < -0.3 is 25.0 Å². The Morgan fingerprint density at radius 1 is 1.25 bits per heavy atom. The van der Waals surface area contributed by atoms with Gasteiger partial charge in [0.2, 0.25) is 11.8 Å². The zero-order chi connectivity index (χ0) is 25.7. The molecule has 3 aromatic rings. The maximum Gasteiger partial charge on any atom is 0.417 e. The number of nitrogens with zero attached hydrogens (tertiary/aromatic N) is 4. The number of pyridine rings is 1. The average molecular weight is 504 g/mol. The minimum Gasteiger partial charge on any atom is -0.477 e. The summed E-state index contributed by atoms with van der Waals surface area (Å²) < 4.78 is 50.2. The van der Waals surface area contributed by atoms with E-state index < -0.39 is 17.8 Å². The van der Waals surface area contributed by atoms with Gasteiger partial charge in [0.05, 0.1) is 36.2 Å². The summed E-state index contributed by atoms with van der Waals surface area (Å²) in [6.07, 6.45) is -1.56. The number of benzene rings is 1. The van der Waals surface area contributed by atoms with E-state index in [-0.39, 0.29) is 37.4 Å². The second-order valence-electron chi connectivity index (χ2n) is 7.95. The van der Waals surface area contributed by atoms with Gasteiger partial charge in [0.25, 0.3) is 5.91 Å². The van der Waals surface area contributed by atoms with Crippen molar-refractivity contribution in [3.8, 4) is 11.6 Å². The molecule has 2 N–H and O–H groups in total. The summed E-state index contributed by atoms with van der Waals surface area (Å²) in [7, 11) is 1.56. The third-order valence-corrected chi connectivity index (χ3v) is 5.29. The lowest BCUT2D eigenvalue weighted by molar-refractivity contribution is -0.138. The fraction of sp³-hybridized carbons (Fsp3) is 0.304. The van der Waals surface area contributed by atoms with Crippen molar-refractivity contribution in [2.24, 2.45) is 0 Å². The van der Waals surface area contributed by atoms with Crippen molar-refractivity contribution >= 4 is 23.2 Å². The van der Waals surface area contributed by atoms with Crippen LogP contribution in [-0.2, 0) is 22.3 Å². The van der Waals surface area contributed by atoms with E-state index in [1.165, 1.54) is 22.0 Å². The predicted molar refractivity (Wildman–Crippen MR) is 123 cm³/mol. The Balaban J connectivity index is 1.21. The lowest BCUT2D eigenvalue weighted by atomic mass is 10.2. The number of aromatic nitrogens is 3. The number of hydrogen-bond donors (Lipinski definition) is 2. The van der Waals surface area contributed by atoms with Crippen LogP contribution in [0.15, 0.2) is 55.0 Å². The number of alkyl halides is 3. The molecule has 10 nitrogen and oxygen atoms in total. The number of para-hydroxylation sites is 2. The van der Waals surface area contributed by atoms with Gasteiger partial charge >= 0.3 is 6.18 Å². The highest BCUT2D eigenvalue weighted by Gasteiger charge is 2.30. The number of likely N-dealkylation sites (N-methyl/N-ethyl adjacent to an activating group) is 1. The van der Waals surface area contributed by atoms with E-state index in [0.717, 1.165) is 17.8 Å². The molecule has 4 rings (SSSR count). The molecule has 0 bridgehead atoms. The molecule has 1 unspecified atom stereocenters. The van der Waals surface area contributed by atoms with E-state index in [0.29, 0.717) is 24.2 Å². The zero-order valence-corrected chi connectivity index (χ0v) is 19.2. The number of hydrogen-bond acceptors (Lipinski definition) is 7. The number of rotatable bonds is 8. The lowest BCUT2D eigenvalue weighted by Gasteiger charge is -2.26. The summed E-state index contributed by atoms with van der Waals surface area (Å²) >= 11 is 0. The Hall–Kier alpha value is -4.29. The van der Waals surface area contributed by atoms with Crippen LogP contribution in [0.5, 0.6) is 11.6 Å². The smallest absolute Gasteiger partial charge is 0.417 e. The molecule has 190 valence electrons. The number of amides is 2. The molecule has 0 saturated heterocycles. The van der Waals surface area contributed by atoms with E-state index in [9.17, 15) is 22.8 Å². The number of anilines is 2. The molecule has 36 heavy (non-hydrogen) atoms. The molecular weight excluding hydrogens is 481 g/mol. The van der Waals surface area contributed by atoms with Gasteiger partial charge in [0.15, 0.2) is 6.10 Å². The van der Waals surface area contributed by atoms with Gasteiger partial charge in [-0.1, -0.05) is 12.1 Å². The van der Waals surface area contributed by atoms with E-state index in [2.05, 4.69) is 20.7 Å². The van der Waals surface area contributed by atoms with Crippen molar-refractivity contribution in [3.63, 3.8) is 0 Å². The molecule has 0 saturated carbocycles. The van der Waals surface area contributed by atoms with E-state index in [1.54, 1.807) is 13.1 Å².